The maximum Gasteiger partial charge on any atom is 0.284 e. The first-order chi connectivity index (χ1) is 10.6. The standard InChI is InChI=1S/C16H17N3O3/c1-11-4-5-15(22-3)13(8-11)14-9-12(10-17)16(20)19(18-14)6-7-21-2/h4-5,8-9H,6-7H2,1-3H3. The van der Waals surface area contributed by atoms with Crippen LogP contribution in [0.25, 0.3) is 11.3 Å². The van der Waals surface area contributed by atoms with E-state index in [0.29, 0.717) is 18.1 Å². The average molecular weight is 299 g/mol. The molecule has 0 unspecified atom stereocenters. The molecule has 1 aromatic carbocycles. The number of ether oxygens (including phenoxy) is 2. The SMILES string of the molecule is COCCn1nc(-c2cc(C)ccc2OC)cc(C#N)c1=O. The van der Waals surface area contributed by atoms with Crippen LogP contribution in [0.2, 0.25) is 0 Å². The third-order valence-electron chi connectivity index (χ3n) is 3.23. The summed E-state index contributed by atoms with van der Waals surface area (Å²) in [6, 6.07) is 9.08. The Hall–Kier alpha value is -2.65. The van der Waals surface area contributed by atoms with Crippen LogP contribution in [-0.2, 0) is 11.3 Å². The lowest BCUT2D eigenvalue weighted by molar-refractivity contribution is 0.182. The van der Waals surface area contributed by atoms with Crippen molar-refractivity contribution in [2.75, 3.05) is 20.8 Å². The lowest BCUT2D eigenvalue weighted by Gasteiger charge is -2.11. The monoisotopic (exact) mass is 299 g/mol. The fourth-order valence-electron chi connectivity index (χ4n) is 2.10. The van der Waals surface area contributed by atoms with Gasteiger partial charge in [-0.1, -0.05) is 11.6 Å². The maximum absolute atomic E-state index is 12.1. The molecule has 1 heterocycles. The molecule has 6 nitrogen and oxygen atoms in total. The van der Waals surface area contributed by atoms with Crippen LogP contribution in [0.1, 0.15) is 11.1 Å². The third-order valence-corrected chi connectivity index (χ3v) is 3.23. The Balaban J connectivity index is 2.63. The second kappa shape index (κ2) is 6.87. The number of nitriles is 1. The van der Waals surface area contributed by atoms with Crippen LogP contribution in [0.5, 0.6) is 5.75 Å². The van der Waals surface area contributed by atoms with Crippen LogP contribution < -0.4 is 10.3 Å². The van der Waals surface area contributed by atoms with Gasteiger partial charge in [-0.3, -0.25) is 4.79 Å². The molecule has 0 aliphatic rings. The van der Waals surface area contributed by atoms with Gasteiger partial charge in [0.15, 0.2) is 0 Å². The highest BCUT2D eigenvalue weighted by Gasteiger charge is 2.13. The van der Waals surface area contributed by atoms with Gasteiger partial charge < -0.3 is 9.47 Å². The molecule has 2 aromatic rings. The lowest BCUT2D eigenvalue weighted by atomic mass is 10.1. The molecule has 0 fully saturated rings. The number of aromatic nitrogens is 2. The van der Waals surface area contributed by atoms with Crippen molar-refractivity contribution < 1.29 is 9.47 Å². The number of methoxy groups -OCH3 is 2. The zero-order valence-electron chi connectivity index (χ0n) is 12.8. The zero-order valence-corrected chi connectivity index (χ0v) is 12.8. The number of hydrogen-bond acceptors (Lipinski definition) is 5. The van der Waals surface area contributed by atoms with Crippen molar-refractivity contribution in [3.8, 4) is 23.1 Å². The van der Waals surface area contributed by atoms with Gasteiger partial charge >= 0.3 is 0 Å². The normalized spacial score (nSPS) is 10.3. The van der Waals surface area contributed by atoms with Gasteiger partial charge in [0.05, 0.1) is 26.0 Å². The number of aryl methyl sites for hydroxylation is 1. The molecule has 0 aliphatic carbocycles. The Morgan fingerprint density at radius 1 is 1.32 bits per heavy atom. The van der Waals surface area contributed by atoms with E-state index in [1.54, 1.807) is 14.2 Å². The summed E-state index contributed by atoms with van der Waals surface area (Å²) in [5.74, 6) is 0.638. The van der Waals surface area contributed by atoms with E-state index >= 15 is 0 Å². The van der Waals surface area contributed by atoms with E-state index in [0.717, 1.165) is 11.1 Å². The summed E-state index contributed by atoms with van der Waals surface area (Å²) >= 11 is 0. The predicted molar refractivity (Wildman–Crippen MR) is 81.8 cm³/mol. The second-order valence-electron chi connectivity index (χ2n) is 4.78. The lowest BCUT2D eigenvalue weighted by Crippen LogP contribution is -2.27. The van der Waals surface area contributed by atoms with Crippen LogP contribution >= 0.6 is 0 Å². The van der Waals surface area contributed by atoms with Gasteiger partial charge in [-0.05, 0) is 25.1 Å². The van der Waals surface area contributed by atoms with Crippen molar-refractivity contribution in [1.29, 1.82) is 5.26 Å². The Morgan fingerprint density at radius 2 is 2.09 bits per heavy atom. The second-order valence-corrected chi connectivity index (χ2v) is 4.78. The van der Waals surface area contributed by atoms with E-state index in [9.17, 15) is 4.79 Å². The molecular formula is C16H17N3O3. The molecule has 2 rings (SSSR count). The molecule has 0 atom stereocenters. The van der Waals surface area contributed by atoms with E-state index < -0.39 is 5.56 Å². The van der Waals surface area contributed by atoms with Crippen LogP contribution in [0.3, 0.4) is 0 Å². The van der Waals surface area contributed by atoms with Gasteiger partial charge in [0.2, 0.25) is 0 Å². The first-order valence-electron chi connectivity index (χ1n) is 6.77. The number of hydrogen-bond donors (Lipinski definition) is 0. The summed E-state index contributed by atoms with van der Waals surface area (Å²) < 4.78 is 11.6. The van der Waals surface area contributed by atoms with Gasteiger partial charge in [-0.2, -0.15) is 10.4 Å². The van der Waals surface area contributed by atoms with Crippen LogP contribution in [0.4, 0.5) is 0 Å². The summed E-state index contributed by atoms with van der Waals surface area (Å²) in [4.78, 5) is 12.1. The van der Waals surface area contributed by atoms with Crippen LogP contribution in [-0.4, -0.2) is 30.6 Å². The zero-order chi connectivity index (χ0) is 16.1. The summed E-state index contributed by atoms with van der Waals surface area (Å²) in [5, 5.41) is 13.5. The fourth-order valence-corrected chi connectivity index (χ4v) is 2.10. The number of rotatable bonds is 5. The maximum atomic E-state index is 12.1. The molecule has 0 saturated carbocycles. The van der Waals surface area contributed by atoms with E-state index in [4.69, 9.17) is 14.7 Å². The molecule has 0 radical (unpaired) electrons. The molecule has 0 spiro atoms. The van der Waals surface area contributed by atoms with Gasteiger partial charge in [0.1, 0.15) is 17.4 Å². The highest BCUT2D eigenvalue weighted by atomic mass is 16.5. The molecule has 0 amide bonds. The number of nitrogens with zero attached hydrogens (tertiary/aromatic N) is 3. The molecule has 0 aliphatic heterocycles. The first kappa shape index (κ1) is 15.7. The minimum Gasteiger partial charge on any atom is -0.496 e. The topological polar surface area (TPSA) is 77.1 Å². The van der Waals surface area contributed by atoms with E-state index in [1.807, 2.05) is 31.2 Å². The van der Waals surface area contributed by atoms with E-state index in [2.05, 4.69) is 5.10 Å². The van der Waals surface area contributed by atoms with Crippen molar-refractivity contribution in [3.63, 3.8) is 0 Å². The van der Waals surface area contributed by atoms with Crippen molar-refractivity contribution in [2.24, 2.45) is 0 Å². The Kier molecular flexibility index (Phi) is 4.92. The van der Waals surface area contributed by atoms with Gasteiger partial charge in [-0.15, -0.1) is 0 Å². The Bertz CT molecular complexity index is 775. The molecule has 1 aromatic heterocycles. The molecule has 0 bridgehead atoms. The van der Waals surface area contributed by atoms with Crippen LogP contribution in [0, 0.1) is 18.3 Å². The van der Waals surface area contributed by atoms with Crippen molar-refractivity contribution in [2.45, 2.75) is 13.5 Å². The highest BCUT2D eigenvalue weighted by Crippen LogP contribution is 2.29. The summed E-state index contributed by atoms with van der Waals surface area (Å²) in [5.41, 5.74) is 1.92. The average Bonchev–Trinajstić information content (AvgIpc) is 2.53. The largest absolute Gasteiger partial charge is 0.496 e. The first-order valence-corrected chi connectivity index (χ1v) is 6.77. The smallest absolute Gasteiger partial charge is 0.284 e. The van der Waals surface area contributed by atoms with Gasteiger partial charge in [0, 0.05) is 12.7 Å². The van der Waals surface area contributed by atoms with Crippen molar-refractivity contribution >= 4 is 0 Å². The fraction of sp³-hybridized carbons (Fsp3) is 0.312. The molecule has 0 saturated heterocycles. The summed E-state index contributed by atoms with van der Waals surface area (Å²) in [7, 11) is 3.12. The van der Waals surface area contributed by atoms with E-state index in [-0.39, 0.29) is 12.1 Å². The van der Waals surface area contributed by atoms with Gasteiger partial charge in [0.25, 0.3) is 5.56 Å². The molecule has 114 valence electrons. The summed E-state index contributed by atoms with van der Waals surface area (Å²) in [6.45, 7) is 2.58. The van der Waals surface area contributed by atoms with Crippen molar-refractivity contribution in [3.05, 3.63) is 45.7 Å². The minimum atomic E-state index is -0.421. The van der Waals surface area contributed by atoms with E-state index in [1.165, 1.54) is 10.7 Å². The Labute approximate surface area is 128 Å². The predicted octanol–water partition coefficient (Wildman–Crippen LogP) is 1.75. The Morgan fingerprint density at radius 3 is 2.73 bits per heavy atom. The molecule has 22 heavy (non-hydrogen) atoms. The highest BCUT2D eigenvalue weighted by molar-refractivity contribution is 5.68. The summed E-state index contributed by atoms with van der Waals surface area (Å²) in [6.07, 6.45) is 0. The van der Waals surface area contributed by atoms with Crippen molar-refractivity contribution in [1.82, 2.24) is 9.78 Å². The quantitative estimate of drug-likeness (QED) is 0.840. The van der Waals surface area contributed by atoms with Gasteiger partial charge in [-0.25, -0.2) is 4.68 Å². The number of benzene rings is 1. The third kappa shape index (κ3) is 3.15. The van der Waals surface area contributed by atoms with Crippen LogP contribution in [0.15, 0.2) is 29.1 Å². The molecular weight excluding hydrogens is 282 g/mol. The minimum absolute atomic E-state index is 0.0460. The molecule has 6 heteroatoms. The molecule has 0 N–H and O–H groups in total.